The maximum Gasteiger partial charge on any atom is 1.00 e. The molecule has 5 aromatic carbocycles. The molecule has 0 aliphatic carbocycles. The number of aromatic nitrogens is 10. The molecule has 10 aromatic rings. The van der Waals surface area contributed by atoms with Crippen molar-refractivity contribution in [2.45, 2.75) is 0 Å². The Balaban J connectivity index is 0.000000340. The Kier molecular flexibility index (Phi) is 31.0. The topological polar surface area (TPSA) is 145 Å². The summed E-state index contributed by atoms with van der Waals surface area (Å²) in [6, 6.07) is 40.2. The Morgan fingerprint density at radius 3 is 0.828 bits per heavy atom. The van der Waals surface area contributed by atoms with Gasteiger partial charge in [0.05, 0.1) is 52.2 Å². The number of H-pyrrole nitrogens is 6. The number of nitrogens with zero attached hydrogens (tertiary/aromatic N) is 4. The van der Waals surface area contributed by atoms with E-state index in [1.54, 1.807) is 0 Å². The van der Waals surface area contributed by atoms with Crippen LogP contribution in [0.1, 0.15) is 0 Å². The normalized spacial score (nSPS) is 10.6. The average molecular weight is 1380 g/mol. The first-order valence-corrected chi connectivity index (χ1v) is 33.3. The molecule has 0 aliphatic rings. The molecule has 300 valence electrons. The van der Waals surface area contributed by atoms with Gasteiger partial charge in [0.15, 0.2) is 0 Å². The number of hydrogen-bond donors (Lipinski definition) is 5. The molecule has 0 radical (unpaired) electrons. The minimum absolute atomic E-state index is 0. The summed E-state index contributed by atoms with van der Waals surface area (Å²) in [5.41, 5.74) is 5.53. The smallest absolute Gasteiger partial charge is 0.278 e. The first-order valence-electron chi connectivity index (χ1n) is 15.4. The van der Waals surface area contributed by atoms with Crippen molar-refractivity contribution < 1.29 is 177 Å². The van der Waals surface area contributed by atoms with Gasteiger partial charge in [-0.3, -0.25) is 20.4 Å². The molecule has 23 heteroatoms. The monoisotopic (exact) mass is 1380 g/mol. The van der Waals surface area contributed by atoms with Crippen molar-refractivity contribution in [3.8, 4) is 0 Å². The SMILES string of the molecule is [Cl-].[Cl][Ru]([Cl])([Cl])[Cl].[Cl][Ru]([Cl])([Cl])[Cl].[Cs+].[Cs+].c1ccc2[nH][nH+]cc2c1.c1ccc2[nH]ncc2c1.c1ccc2[nH]ncc2c1.c1ccc2[nH]ncc2c1.c1ccc2[nH]ncc2c1. The standard InChI is InChI=1S/5C7H6N2.9ClH.2Cs.2Ru/c5*1-2-4-7-6(3-1)5-8-9-7;;;;;;;;;;;;;/h5*1-5H,(H,8,9);9*1H;;;;/q;;;;;;;;;;;;;;2*+1;2*+4/p-8. The molecule has 0 bridgehead atoms. The van der Waals surface area contributed by atoms with E-state index >= 15 is 0 Å². The van der Waals surface area contributed by atoms with Gasteiger partial charge in [-0.25, -0.2) is 0 Å². The molecule has 0 fully saturated rings. The summed E-state index contributed by atoms with van der Waals surface area (Å²) in [6.07, 6.45) is 9.20. The molecule has 10 nitrogen and oxygen atoms in total. The van der Waals surface area contributed by atoms with Crippen LogP contribution in [0.25, 0.3) is 54.5 Å². The Bertz CT molecular complexity index is 2020. The molecule has 0 saturated carbocycles. The van der Waals surface area contributed by atoms with Crippen molar-refractivity contribution in [2.75, 3.05) is 0 Å². The second-order valence-corrected chi connectivity index (χ2v) is 42.1. The van der Waals surface area contributed by atoms with Crippen molar-refractivity contribution >= 4 is 132 Å². The van der Waals surface area contributed by atoms with Crippen LogP contribution in [0.15, 0.2) is 152 Å². The van der Waals surface area contributed by atoms with E-state index in [-0.39, 0.29) is 150 Å². The fourth-order valence-electron chi connectivity index (χ4n) is 4.46. The number of fused-ring (bicyclic) bond motifs is 5. The molecule has 0 amide bonds. The van der Waals surface area contributed by atoms with Crippen molar-refractivity contribution in [2.24, 2.45) is 0 Å². The molecule has 0 spiro atoms. The van der Waals surface area contributed by atoms with Gasteiger partial charge in [0, 0.05) is 21.5 Å². The van der Waals surface area contributed by atoms with Crippen molar-refractivity contribution in [3.05, 3.63) is 152 Å². The Morgan fingerprint density at radius 2 is 0.586 bits per heavy atom. The Hall–Kier alpha value is 1.41. The van der Waals surface area contributed by atoms with Gasteiger partial charge >= 0.3 is 237 Å². The summed E-state index contributed by atoms with van der Waals surface area (Å²) in [5, 5.41) is 38.8. The summed E-state index contributed by atoms with van der Waals surface area (Å²) in [6.45, 7) is 0. The summed E-state index contributed by atoms with van der Waals surface area (Å²) in [5.74, 6) is 0. The maximum atomic E-state index is 5.00. The number of aromatic amines is 6. The third kappa shape index (κ3) is 24.5. The molecule has 0 unspecified atom stereocenters. The van der Waals surface area contributed by atoms with Gasteiger partial charge in [0.25, 0.3) is 0 Å². The molecule has 0 saturated heterocycles. The predicted molar refractivity (Wildman–Crippen MR) is 226 cm³/mol. The van der Waals surface area contributed by atoms with Gasteiger partial charge < -0.3 is 12.4 Å². The van der Waals surface area contributed by atoms with E-state index < -0.39 is 21.6 Å². The fourth-order valence-corrected chi connectivity index (χ4v) is 4.46. The largest absolute Gasteiger partial charge is 1.00 e. The van der Waals surface area contributed by atoms with Gasteiger partial charge in [-0.2, -0.15) is 25.5 Å². The van der Waals surface area contributed by atoms with Gasteiger partial charge in [-0.1, -0.05) is 84.9 Å². The molecule has 0 aliphatic heterocycles. The predicted octanol–water partition coefficient (Wildman–Crippen LogP) is 3.76. The van der Waals surface area contributed by atoms with Gasteiger partial charge in [0.1, 0.15) is 5.52 Å². The summed E-state index contributed by atoms with van der Waals surface area (Å²) in [7, 11) is 34.0. The number of rotatable bonds is 0. The van der Waals surface area contributed by atoms with Crippen molar-refractivity contribution in [1.29, 1.82) is 0 Å². The van der Waals surface area contributed by atoms with Crippen LogP contribution in [0.2, 0.25) is 0 Å². The molecule has 10 rings (SSSR count). The zero-order valence-electron chi connectivity index (χ0n) is 30.3. The molecule has 5 aromatic heterocycles. The summed E-state index contributed by atoms with van der Waals surface area (Å²) < 4.78 is 0. The first kappa shape index (κ1) is 57.4. The van der Waals surface area contributed by atoms with Crippen LogP contribution in [-0.2, 0) is 21.6 Å². The van der Waals surface area contributed by atoms with Gasteiger partial charge in [0.2, 0.25) is 6.20 Å². The van der Waals surface area contributed by atoms with Gasteiger partial charge in [-0.15, -0.1) is 5.10 Å². The number of halogens is 9. The number of para-hydroxylation sites is 5. The quantitative estimate of drug-likeness (QED) is 0.148. The molecule has 6 N–H and O–H groups in total. The van der Waals surface area contributed by atoms with E-state index in [1.165, 1.54) is 5.39 Å². The molecule has 58 heavy (non-hydrogen) atoms. The van der Waals surface area contributed by atoms with Crippen LogP contribution in [0.5, 0.6) is 0 Å². The van der Waals surface area contributed by atoms with Crippen LogP contribution in [-0.4, -0.2) is 45.9 Å². The fraction of sp³-hybridized carbons (Fsp3) is 0. The van der Waals surface area contributed by atoms with Gasteiger partial charge in [-0.05, 0) is 36.4 Å². The summed E-state index contributed by atoms with van der Waals surface area (Å²) in [4.78, 5) is 0. The van der Waals surface area contributed by atoms with E-state index in [4.69, 9.17) is 77.5 Å². The zero-order valence-corrected chi connectivity index (χ0v) is 53.2. The van der Waals surface area contributed by atoms with Crippen LogP contribution in [0.3, 0.4) is 0 Å². The van der Waals surface area contributed by atoms with E-state index in [9.17, 15) is 0 Å². The molecule has 5 heterocycles. The zero-order chi connectivity index (χ0) is 39.5. The Labute approximate surface area is 496 Å². The molecular weight excluding hydrogens is 1350 g/mol. The average Bonchev–Trinajstić information content (AvgIpc) is 4.01. The first-order chi connectivity index (χ1) is 26.3. The van der Waals surface area contributed by atoms with E-state index in [0.717, 1.165) is 49.1 Å². The van der Waals surface area contributed by atoms with Crippen molar-refractivity contribution in [1.82, 2.24) is 45.9 Å². The second kappa shape index (κ2) is 31.3. The molecule has 0 atom stereocenters. The Morgan fingerprint density at radius 1 is 0.362 bits per heavy atom. The minimum atomic E-state index is -2.97. The molecular formula is C35H31Cl9Cs2N10Ru2+2. The third-order valence-electron chi connectivity index (χ3n) is 6.79. The maximum absolute atomic E-state index is 5.00. The van der Waals surface area contributed by atoms with Crippen LogP contribution < -0.4 is 155 Å². The minimum Gasteiger partial charge on any atom is -0.278 e. The van der Waals surface area contributed by atoms with E-state index in [2.05, 4.69) is 57.1 Å². The van der Waals surface area contributed by atoms with E-state index in [1.807, 2.05) is 146 Å². The number of nitrogens with one attached hydrogen (secondary N) is 6. The van der Waals surface area contributed by atoms with Crippen LogP contribution in [0, 0.1) is 0 Å². The van der Waals surface area contributed by atoms with Crippen LogP contribution >= 0.6 is 77.5 Å². The van der Waals surface area contributed by atoms with E-state index in [0.29, 0.717) is 0 Å². The second-order valence-electron chi connectivity index (χ2n) is 10.4. The van der Waals surface area contributed by atoms with Crippen LogP contribution in [0.4, 0.5) is 0 Å². The third-order valence-corrected chi connectivity index (χ3v) is 6.79. The summed E-state index contributed by atoms with van der Waals surface area (Å²) >= 11 is 0. The number of benzene rings is 5. The van der Waals surface area contributed by atoms with Crippen molar-refractivity contribution in [3.63, 3.8) is 0 Å². The number of hydrogen-bond acceptors (Lipinski definition) is 4.